The van der Waals surface area contributed by atoms with Crippen LogP contribution in [-0.2, 0) is 16.0 Å². The Hall–Kier alpha value is -1.50. The van der Waals surface area contributed by atoms with Crippen molar-refractivity contribution in [2.24, 2.45) is 0 Å². The first-order valence-corrected chi connectivity index (χ1v) is 6.36. The Morgan fingerprint density at radius 3 is 2.65 bits per heavy atom. The molecule has 1 heterocycles. The van der Waals surface area contributed by atoms with E-state index in [-0.39, 0.29) is 18.2 Å². The molecule has 1 rings (SSSR count). The summed E-state index contributed by atoms with van der Waals surface area (Å²) in [5, 5.41) is 14.2. The first kappa shape index (κ1) is 13.6. The predicted molar refractivity (Wildman–Crippen MR) is 65.8 cm³/mol. The summed E-state index contributed by atoms with van der Waals surface area (Å²) in [5.74, 6) is -0.654. The van der Waals surface area contributed by atoms with Crippen molar-refractivity contribution in [1.29, 1.82) is 0 Å². The highest BCUT2D eigenvalue weighted by molar-refractivity contribution is 7.15. The van der Waals surface area contributed by atoms with Gasteiger partial charge in [-0.25, -0.2) is 0 Å². The lowest BCUT2D eigenvalue weighted by atomic mass is 10.4. The summed E-state index contributed by atoms with van der Waals surface area (Å²) < 4.78 is 0. The molecule has 1 aromatic rings. The molecule has 2 N–H and O–H groups in total. The topological polar surface area (TPSA) is 84.0 Å². The van der Waals surface area contributed by atoms with Crippen LogP contribution in [0.3, 0.4) is 0 Å². The number of aromatic nitrogens is 2. The van der Waals surface area contributed by atoms with Crippen LogP contribution >= 0.6 is 11.3 Å². The fourth-order valence-electron chi connectivity index (χ4n) is 1.19. The number of carbonyl (C=O) groups is 2. The van der Waals surface area contributed by atoms with E-state index in [0.717, 1.165) is 17.8 Å². The fourth-order valence-corrected chi connectivity index (χ4v) is 2.05. The highest BCUT2D eigenvalue weighted by Crippen LogP contribution is 2.16. The van der Waals surface area contributed by atoms with E-state index in [4.69, 9.17) is 0 Å². The molecule has 94 valence electrons. The molecule has 0 unspecified atom stereocenters. The molecule has 0 saturated carbocycles. The van der Waals surface area contributed by atoms with Crippen molar-refractivity contribution in [2.75, 3.05) is 11.9 Å². The zero-order valence-corrected chi connectivity index (χ0v) is 10.8. The molecule has 0 atom stereocenters. The van der Waals surface area contributed by atoms with Gasteiger partial charge in [-0.2, -0.15) is 0 Å². The van der Waals surface area contributed by atoms with E-state index in [1.807, 2.05) is 0 Å². The summed E-state index contributed by atoms with van der Waals surface area (Å²) in [5.41, 5.74) is 0. The summed E-state index contributed by atoms with van der Waals surface area (Å²) in [6.07, 6.45) is 1.65. The monoisotopic (exact) mass is 256 g/mol. The molecule has 0 aliphatic rings. The van der Waals surface area contributed by atoms with Crippen molar-refractivity contribution in [3.63, 3.8) is 0 Å². The van der Waals surface area contributed by atoms with Crippen LogP contribution in [0.5, 0.6) is 0 Å². The van der Waals surface area contributed by atoms with E-state index in [0.29, 0.717) is 11.7 Å². The molecule has 0 aliphatic heterocycles. The Labute approximate surface area is 104 Å². The van der Waals surface area contributed by atoms with Crippen LogP contribution in [0.25, 0.3) is 0 Å². The molecule has 17 heavy (non-hydrogen) atoms. The van der Waals surface area contributed by atoms with Crippen molar-refractivity contribution in [1.82, 2.24) is 15.5 Å². The van der Waals surface area contributed by atoms with E-state index >= 15 is 0 Å². The van der Waals surface area contributed by atoms with E-state index in [1.54, 1.807) is 6.92 Å². The molecule has 7 heteroatoms. The van der Waals surface area contributed by atoms with Crippen molar-refractivity contribution < 1.29 is 9.59 Å². The SMILES string of the molecule is CCCc1nnc(NC(=O)CC(=O)NCC)s1. The van der Waals surface area contributed by atoms with Gasteiger partial charge in [0.25, 0.3) is 0 Å². The molecular formula is C10H16N4O2S. The molecule has 2 amide bonds. The van der Waals surface area contributed by atoms with Gasteiger partial charge in [0, 0.05) is 13.0 Å². The Morgan fingerprint density at radius 2 is 2.00 bits per heavy atom. The smallest absolute Gasteiger partial charge is 0.235 e. The van der Waals surface area contributed by atoms with Crippen molar-refractivity contribution in [3.8, 4) is 0 Å². The largest absolute Gasteiger partial charge is 0.356 e. The lowest BCUT2D eigenvalue weighted by Gasteiger charge is -2.01. The number of rotatable bonds is 6. The minimum atomic E-state index is -0.366. The Bertz CT molecular complexity index is 391. The Balaban J connectivity index is 2.41. The van der Waals surface area contributed by atoms with Crippen LogP contribution in [0.1, 0.15) is 31.7 Å². The average Bonchev–Trinajstić information content (AvgIpc) is 2.66. The quantitative estimate of drug-likeness (QED) is 0.742. The molecule has 1 aromatic heterocycles. The second kappa shape index (κ2) is 6.95. The number of hydrogen-bond acceptors (Lipinski definition) is 5. The van der Waals surface area contributed by atoms with Crippen LogP contribution < -0.4 is 10.6 Å². The van der Waals surface area contributed by atoms with Gasteiger partial charge in [-0.05, 0) is 13.3 Å². The second-order valence-electron chi connectivity index (χ2n) is 3.43. The third kappa shape index (κ3) is 4.90. The van der Waals surface area contributed by atoms with Crippen molar-refractivity contribution in [2.45, 2.75) is 33.1 Å². The van der Waals surface area contributed by atoms with Gasteiger partial charge in [-0.15, -0.1) is 10.2 Å². The molecule has 0 radical (unpaired) electrons. The number of anilines is 1. The number of nitrogens with one attached hydrogen (secondary N) is 2. The van der Waals surface area contributed by atoms with Gasteiger partial charge < -0.3 is 10.6 Å². The molecule has 6 nitrogen and oxygen atoms in total. The normalized spacial score (nSPS) is 10.0. The van der Waals surface area contributed by atoms with Gasteiger partial charge in [0.2, 0.25) is 16.9 Å². The zero-order chi connectivity index (χ0) is 12.7. The van der Waals surface area contributed by atoms with E-state index in [2.05, 4.69) is 27.8 Å². The fraction of sp³-hybridized carbons (Fsp3) is 0.600. The molecule has 0 aliphatic carbocycles. The van der Waals surface area contributed by atoms with Gasteiger partial charge in [0.05, 0.1) is 0 Å². The van der Waals surface area contributed by atoms with Gasteiger partial charge in [-0.1, -0.05) is 18.3 Å². The average molecular weight is 256 g/mol. The van der Waals surface area contributed by atoms with E-state index < -0.39 is 0 Å². The third-order valence-corrected chi connectivity index (χ3v) is 2.77. The minimum absolute atomic E-state index is 0.184. The van der Waals surface area contributed by atoms with E-state index in [1.165, 1.54) is 11.3 Å². The molecule has 0 bridgehead atoms. The first-order valence-electron chi connectivity index (χ1n) is 5.54. The van der Waals surface area contributed by atoms with Gasteiger partial charge in [0.1, 0.15) is 11.4 Å². The van der Waals surface area contributed by atoms with Crippen LogP contribution in [-0.4, -0.2) is 28.6 Å². The zero-order valence-electron chi connectivity index (χ0n) is 9.95. The highest BCUT2D eigenvalue weighted by atomic mass is 32.1. The summed E-state index contributed by atoms with van der Waals surface area (Å²) in [6, 6.07) is 0. The van der Waals surface area contributed by atoms with Crippen LogP contribution in [0.4, 0.5) is 5.13 Å². The maximum atomic E-state index is 11.4. The first-order chi connectivity index (χ1) is 8.15. The second-order valence-corrected chi connectivity index (χ2v) is 4.49. The van der Waals surface area contributed by atoms with Gasteiger partial charge in [0.15, 0.2) is 0 Å². The molecule has 0 spiro atoms. The lowest BCUT2D eigenvalue weighted by Crippen LogP contribution is -2.27. The summed E-state index contributed by atoms with van der Waals surface area (Å²) in [7, 11) is 0. The molecule has 0 aromatic carbocycles. The number of hydrogen-bond donors (Lipinski definition) is 2. The third-order valence-electron chi connectivity index (χ3n) is 1.87. The number of nitrogens with zero attached hydrogens (tertiary/aromatic N) is 2. The number of carbonyl (C=O) groups excluding carboxylic acids is 2. The van der Waals surface area contributed by atoms with Crippen LogP contribution in [0, 0.1) is 0 Å². The predicted octanol–water partition coefficient (Wildman–Crippen LogP) is 0.955. The minimum Gasteiger partial charge on any atom is -0.356 e. The van der Waals surface area contributed by atoms with Crippen molar-refractivity contribution >= 4 is 28.3 Å². The van der Waals surface area contributed by atoms with Crippen LogP contribution in [0.2, 0.25) is 0 Å². The standard InChI is InChI=1S/C10H16N4O2S/c1-3-5-9-13-14-10(17-9)12-8(16)6-7(15)11-4-2/h3-6H2,1-2H3,(H,11,15)(H,12,14,16). The Kier molecular flexibility index (Phi) is 5.55. The summed E-state index contributed by atoms with van der Waals surface area (Å²) in [6.45, 7) is 4.37. The number of aryl methyl sites for hydroxylation is 1. The Morgan fingerprint density at radius 1 is 1.24 bits per heavy atom. The van der Waals surface area contributed by atoms with E-state index in [9.17, 15) is 9.59 Å². The van der Waals surface area contributed by atoms with Gasteiger partial charge >= 0.3 is 0 Å². The highest BCUT2D eigenvalue weighted by Gasteiger charge is 2.11. The summed E-state index contributed by atoms with van der Waals surface area (Å²) in [4.78, 5) is 22.6. The molecular weight excluding hydrogens is 240 g/mol. The molecule has 0 saturated heterocycles. The summed E-state index contributed by atoms with van der Waals surface area (Å²) >= 11 is 1.34. The number of amides is 2. The maximum absolute atomic E-state index is 11.4. The van der Waals surface area contributed by atoms with Crippen molar-refractivity contribution in [3.05, 3.63) is 5.01 Å². The lowest BCUT2D eigenvalue weighted by molar-refractivity contribution is -0.126. The van der Waals surface area contributed by atoms with Gasteiger partial charge in [-0.3, -0.25) is 9.59 Å². The molecule has 0 fully saturated rings. The maximum Gasteiger partial charge on any atom is 0.235 e. The van der Waals surface area contributed by atoms with Crippen LogP contribution in [0.15, 0.2) is 0 Å².